The minimum Gasteiger partial charge on any atom is -0.457 e. The van der Waals surface area contributed by atoms with Crippen LogP contribution in [0.1, 0.15) is 56.0 Å². The van der Waals surface area contributed by atoms with Crippen LogP contribution < -0.4 is 20.7 Å². The van der Waals surface area contributed by atoms with Crippen LogP contribution in [-0.4, -0.2) is 49.1 Å². The largest absolute Gasteiger partial charge is 0.457 e. The van der Waals surface area contributed by atoms with Crippen molar-refractivity contribution in [1.82, 2.24) is 20.9 Å². The van der Waals surface area contributed by atoms with Crippen LogP contribution in [0.3, 0.4) is 0 Å². The average molecular weight is 465 g/mol. The van der Waals surface area contributed by atoms with E-state index in [-0.39, 0.29) is 17.5 Å². The molecule has 2 aromatic carbocycles. The smallest absolute Gasteiger partial charge is 0.315 e. The van der Waals surface area contributed by atoms with Crippen LogP contribution in [0.4, 0.5) is 4.79 Å². The first-order chi connectivity index (χ1) is 16.2. The number of benzene rings is 2. The number of carbonyl (C=O) groups is 2. The predicted molar refractivity (Wildman–Crippen MR) is 133 cm³/mol. The van der Waals surface area contributed by atoms with Crippen LogP contribution in [0, 0.1) is 5.92 Å². The molecular formula is C27H36N4O3. The maximum absolute atomic E-state index is 13.0. The van der Waals surface area contributed by atoms with E-state index in [1.807, 2.05) is 38.1 Å². The molecule has 1 unspecified atom stereocenters. The number of carbonyl (C=O) groups excluding carboxylic acids is 2. The number of ether oxygens (including phenoxy) is 1. The molecule has 3 heterocycles. The van der Waals surface area contributed by atoms with Gasteiger partial charge in [0.15, 0.2) is 0 Å². The Morgan fingerprint density at radius 1 is 0.971 bits per heavy atom. The first-order valence-corrected chi connectivity index (χ1v) is 12.1. The van der Waals surface area contributed by atoms with Gasteiger partial charge >= 0.3 is 6.03 Å². The van der Waals surface area contributed by atoms with Crippen LogP contribution in [-0.2, 0) is 5.54 Å². The quantitative estimate of drug-likeness (QED) is 0.597. The Kier molecular flexibility index (Phi) is 6.84. The van der Waals surface area contributed by atoms with Gasteiger partial charge in [0.25, 0.3) is 5.91 Å². The highest BCUT2D eigenvalue weighted by Gasteiger charge is 2.41. The lowest BCUT2D eigenvalue weighted by molar-refractivity contribution is 0.0963. The summed E-state index contributed by atoms with van der Waals surface area (Å²) in [7, 11) is 1.60. The summed E-state index contributed by atoms with van der Waals surface area (Å²) in [6.07, 6.45) is 3.29. The lowest BCUT2D eigenvalue weighted by Crippen LogP contribution is -2.57. The summed E-state index contributed by atoms with van der Waals surface area (Å²) in [6.45, 7) is 9.54. The van der Waals surface area contributed by atoms with Crippen molar-refractivity contribution < 1.29 is 14.3 Å². The Morgan fingerprint density at radius 2 is 1.56 bits per heavy atom. The fourth-order valence-corrected chi connectivity index (χ4v) is 5.09. The number of nitrogens with one attached hydrogen (secondary N) is 3. The molecule has 3 aliphatic heterocycles. The standard InChI is InChI=1S/C27H36N4O3/c1-26(2,29-25(33)30-27(3)15-18-31-16-13-21(27)14-17-31)20-7-11-23(12-8-20)34-22-9-5-19(6-10-22)24(32)28-4/h5-12,21H,13-18H2,1-4H3,(H,28,32)(H2,29,30,33). The molecule has 0 aromatic heterocycles. The molecule has 0 radical (unpaired) electrons. The van der Waals surface area contributed by atoms with Gasteiger partial charge in [0.05, 0.1) is 5.54 Å². The molecule has 0 saturated carbocycles. The van der Waals surface area contributed by atoms with Crippen molar-refractivity contribution >= 4 is 11.9 Å². The van der Waals surface area contributed by atoms with Gasteiger partial charge in [0.1, 0.15) is 11.5 Å². The van der Waals surface area contributed by atoms with Crippen LogP contribution in [0.15, 0.2) is 48.5 Å². The van der Waals surface area contributed by atoms with E-state index in [4.69, 9.17) is 4.74 Å². The van der Waals surface area contributed by atoms with Crippen LogP contribution in [0.2, 0.25) is 0 Å². The third kappa shape index (κ3) is 5.36. The fraction of sp³-hybridized carbons (Fsp3) is 0.481. The first kappa shape index (κ1) is 24.1. The summed E-state index contributed by atoms with van der Waals surface area (Å²) in [4.78, 5) is 27.2. The number of hydrogen-bond donors (Lipinski definition) is 3. The summed E-state index contributed by atoms with van der Waals surface area (Å²) in [5, 5.41) is 9.10. The van der Waals surface area contributed by atoms with Crippen LogP contribution >= 0.6 is 0 Å². The predicted octanol–water partition coefficient (Wildman–Crippen LogP) is 4.25. The second-order valence-corrected chi connectivity index (χ2v) is 10.2. The summed E-state index contributed by atoms with van der Waals surface area (Å²) >= 11 is 0. The lowest BCUT2D eigenvalue weighted by atomic mass is 9.79. The van der Waals surface area contributed by atoms with Gasteiger partial charge < -0.3 is 25.6 Å². The third-order valence-electron chi connectivity index (χ3n) is 7.42. The summed E-state index contributed by atoms with van der Waals surface area (Å²) in [5.41, 5.74) is 0.860. The van der Waals surface area contributed by atoms with Crippen molar-refractivity contribution in [2.24, 2.45) is 5.92 Å². The monoisotopic (exact) mass is 464 g/mol. The molecule has 34 heavy (non-hydrogen) atoms. The van der Waals surface area contributed by atoms with Gasteiger partial charge in [-0.15, -0.1) is 0 Å². The van der Waals surface area contributed by atoms with Gasteiger partial charge in [0.2, 0.25) is 0 Å². The van der Waals surface area contributed by atoms with E-state index >= 15 is 0 Å². The molecule has 3 aliphatic rings. The Bertz CT molecular complexity index is 1010. The number of fused-ring (bicyclic) bond motifs is 4. The molecule has 7 heteroatoms. The Balaban J connectivity index is 1.36. The molecule has 2 aromatic rings. The molecule has 3 fully saturated rings. The van der Waals surface area contributed by atoms with E-state index in [0.717, 1.165) is 44.5 Å². The van der Waals surface area contributed by atoms with Crippen molar-refractivity contribution in [3.05, 3.63) is 59.7 Å². The number of piperidine rings is 1. The number of hydrogen-bond acceptors (Lipinski definition) is 4. The highest BCUT2D eigenvalue weighted by atomic mass is 16.5. The maximum Gasteiger partial charge on any atom is 0.315 e. The van der Waals surface area contributed by atoms with Gasteiger partial charge in [-0.05, 0) is 101 Å². The molecule has 0 aliphatic carbocycles. The van der Waals surface area contributed by atoms with Crippen LogP contribution in [0.25, 0.3) is 0 Å². The lowest BCUT2D eigenvalue weighted by Gasteiger charge is -2.39. The molecular weight excluding hydrogens is 428 g/mol. The molecule has 7 nitrogen and oxygen atoms in total. The third-order valence-corrected chi connectivity index (χ3v) is 7.42. The second-order valence-electron chi connectivity index (χ2n) is 10.2. The second kappa shape index (κ2) is 9.66. The van der Waals surface area contributed by atoms with E-state index in [2.05, 4.69) is 27.8 Å². The van der Waals surface area contributed by atoms with Crippen molar-refractivity contribution in [3.63, 3.8) is 0 Å². The van der Waals surface area contributed by atoms with Crippen LogP contribution in [0.5, 0.6) is 11.5 Å². The Hall–Kier alpha value is -3.06. The molecule has 5 rings (SSSR count). The fourth-order valence-electron chi connectivity index (χ4n) is 5.09. The SMILES string of the molecule is CNC(=O)c1ccc(Oc2ccc(C(C)(C)NC(=O)NC3(C)CCN4CCC3CC4)cc2)cc1. The van der Waals surface area contributed by atoms with E-state index in [1.54, 1.807) is 31.3 Å². The van der Waals surface area contributed by atoms with Gasteiger partial charge in [-0.2, -0.15) is 0 Å². The molecule has 3 amide bonds. The number of rotatable bonds is 6. The minimum absolute atomic E-state index is 0.121. The zero-order chi connectivity index (χ0) is 24.3. The van der Waals surface area contributed by atoms with Gasteiger partial charge in [-0.1, -0.05) is 12.1 Å². The van der Waals surface area contributed by atoms with Gasteiger partial charge in [-0.25, -0.2) is 4.79 Å². The van der Waals surface area contributed by atoms with Crippen molar-refractivity contribution in [2.45, 2.75) is 51.1 Å². The van der Waals surface area contributed by atoms with E-state index < -0.39 is 5.54 Å². The minimum atomic E-state index is -0.541. The Labute approximate surface area is 202 Å². The van der Waals surface area contributed by atoms with Crippen molar-refractivity contribution in [1.29, 1.82) is 0 Å². The molecule has 182 valence electrons. The van der Waals surface area contributed by atoms with E-state index in [0.29, 0.717) is 23.0 Å². The molecule has 0 spiro atoms. The highest BCUT2D eigenvalue weighted by molar-refractivity contribution is 5.94. The topological polar surface area (TPSA) is 82.7 Å². The number of amides is 3. The van der Waals surface area contributed by atoms with E-state index in [1.165, 1.54) is 0 Å². The summed E-state index contributed by atoms with van der Waals surface area (Å²) in [5.74, 6) is 1.74. The first-order valence-electron chi connectivity index (χ1n) is 12.1. The molecule has 2 bridgehead atoms. The van der Waals surface area contributed by atoms with Gasteiger partial charge in [0, 0.05) is 24.7 Å². The zero-order valence-electron chi connectivity index (χ0n) is 20.6. The zero-order valence-corrected chi connectivity index (χ0v) is 20.6. The summed E-state index contributed by atoms with van der Waals surface area (Å²) in [6, 6.07) is 14.6. The summed E-state index contributed by atoms with van der Waals surface area (Å²) < 4.78 is 5.91. The normalized spacial score (nSPS) is 24.1. The van der Waals surface area contributed by atoms with Crippen molar-refractivity contribution in [3.8, 4) is 11.5 Å². The van der Waals surface area contributed by atoms with E-state index in [9.17, 15) is 9.59 Å². The number of nitrogens with zero attached hydrogens (tertiary/aromatic N) is 1. The van der Waals surface area contributed by atoms with Gasteiger partial charge in [-0.3, -0.25) is 4.79 Å². The maximum atomic E-state index is 13.0. The number of urea groups is 1. The average Bonchev–Trinajstić information content (AvgIpc) is 3.07. The molecule has 3 N–H and O–H groups in total. The highest BCUT2D eigenvalue weighted by Crippen LogP contribution is 2.35. The molecule has 3 saturated heterocycles. The molecule has 1 atom stereocenters. The van der Waals surface area contributed by atoms with Crippen molar-refractivity contribution in [2.75, 3.05) is 26.7 Å². The Morgan fingerprint density at radius 3 is 2.15 bits per heavy atom.